The molecule has 3 rings (SSSR count). The van der Waals surface area contributed by atoms with E-state index in [4.69, 9.17) is 0 Å². The summed E-state index contributed by atoms with van der Waals surface area (Å²) in [6.45, 7) is 2.10. The summed E-state index contributed by atoms with van der Waals surface area (Å²) in [6.07, 6.45) is 0.888. The van der Waals surface area contributed by atoms with Crippen LogP contribution in [0, 0.1) is 0 Å². The Labute approximate surface area is 125 Å². The molecule has 21 heavy (non-hydrogen) atoms. The molecular formula is C17H19NO2S. The van der Waals surface area contributed by atoms with Crippen LogP contribution in [0.15, 0.2) is 59.5 Å². The monoisotopic (exact) mass is 301 g/mol. The van der Waals surface area contributed by atoms with E-state index in [0.29, 0.717) is 4.90 Å². The van der Waals surface area contributed by atoms with Crippen molar-refractivity contribution in [1.29, 1.82) is 0 Å². The topological polar surface area (TPSA) is 46.2 Å². The number of benzene rings is 2. The van der Waals surface area contributed by atoms with Gasteiger partial charge in [-0.05, 0) is 30.5 Å². The van der Waals surface area contributed by atoms with Crippen LogP contribution in [0.4, 0.5) is 0 Å². The maximum absolute atomic E-state index is 12.2. The van der Waals surface area contributed by atoms with E-state index in [0.717, 1.165) is 12.0 Å². The SMILES string of the molecule is CC(Cc1ccccc1)NC1CS(=O)(=O)c2ccccc21. The molecule has 0 amide bonds. The Hall–Kier alpha value is -1.65. The molecule has 1 N–H and O–H groups in total. The number of sulfone groups is 1. The van der Waals surface area contributed by atoms with Crippen LogP contribution >= 0.6 is 0 Å². The molecule has 2 unspecified atom stereocenters. The Bertz CT molecular complexity index is 725. The van der Waals surface area contributed by atoms with Crippen LogP contribution in [0.1, 0.15) is 24.1 Å². The first-order valence-corrected chi connectivity index (χ1v) is 8.83. The summed E-state index contributed by atoms with van der Waals surface area (Å²) in [5.74, 6) is 0.158. The minimum atomic E-state index is -3.14. The van der Waals surface area contributed by atoms with Gasteiger partial charge in [0, 0.05) is 12.1 Å². The van der Waals surface area contributed by atoms with Crippen molar-refractivity contribution in [3.63, 3.8) is 0 Å². The van der Waals surface area contributed by atoms with Gasteiger partial charge < -0.3 is 5.32 Å². The molecule has 4 heteroatoms. The van der Waals surface area contributed by atoms with Crippen LogP contribution in [0.3, 0.4) is 0 Å². The molecule has 3 nitrogen and oxygen atoms in total. The molecule has 0 aromatic heterocycles. The molecule has 0 saturated heterocycles. The molecule has 0 aliphatic carbocycles. The molecule has 2 aromatic rings. The number of rotatable bonds is 4. The van der Waals surface area contributed by atoms with Crippen molar-refractivity contribution in [2.45, 2.75) is 30.3 Å². The lowest BCUT2D eigenvalue weighted by atomic mass is 10.0. The highest BCUT2D eigenvalue weighted by molar-refractivity contribution is 7.91. The zero-order chi connectivity index (χ0) is 14.9. The average molecular weight is 301 g/mol. The van der Waals surface area contributed by atoms with E-state index >= 15 is 0 Å². The van der Waals surface area contributed by atoms with Gasteiger partial charge in [-0.25, -0.2) is 8.42 Å². The Kier molecular flexibility index (Phi) is 3.83. The van der Waals surface area contributed by atoms with Gasteiger partial charge in [0.25, 0.3) is 0 Å². The van der Waals surface area contributed by atoms with Gasteiger partial charge in [0.1, 0.15) is 0 Å². The molecule has 1 heterocycles. The van der Waals surface area contributed by atoms with Gasteiger partial charge in [-0.2, -0.15) is 0 Å². The van der Waals surface area contributed by atoms with Crippen molar-refractivity contribution in [3.05, 3.63) is 65.7 Å². The van der Waals surface area contributed by atoms with Crippen molar-refractivity contribution in [2.75, 3.05) is 5.75 Å². The predicted molar refractivity (Wildman–Crippen MR) is 84.0 cm³/mol. The van der Waals surface area contributed by atoms with Gasteiger partial charge in [0.2, 0.25) is 0 Å². The lowest BCUT2D eigenvalue weighted by Gasteiger charge is -2.19. The average Bonchev–Trinajstić information content (AvgIpc) is 2.72. The summed E-state index contributed by atoms with van der Waals surface area (Å²) in [7, 11) is -3.14. The largest absolute Gasteiger partial charge is 0.306 e. The van der Waals surface area contributed by atoms with Crippen molar-refractivity contribution in [1.82, 2.24) is 5.32 Å². The molecule has 110 valence electrons. The lowest BCUT2D eigenvalue weighted by Crippen LogP contribution is -2.33. The third-order valence-electron chi connectivity index (χ3n) is 3.89. The first-order valence-electron chi connectivity index (χ1n) is 7.18. The molecule has 0 spiro atoms. The van der Waals surface area contributed by atoms with E-state index in [1.165, 1.54) is 5.56 Å². The second-order valence-corrected chi connectivity index (χ2v) is 7.63. The number of fused-ring (bicyclic) bond motifs is 1. The van der Waals surface area contributed by atoms with E-state index in [-0.39, 0.29) is 17.8 Å². The molecule has 0 bridgehead atoms. The summed E-state index contributed by atoms with van der Waals surface area (Å²) in [4.78, 5) is 0.481. The van der Waals surface area contributed by atoms with E-state index < -0.39 is 9.84 Å². The first-order chi connectivity index (χ1) is 10.1. The van der Waals surface area contributed by atoms with Crippen molar-refractivity contribution < 1.29 is 8.42 Å². The van der Waals surface area contributed by atoms with Gasteiger partial charge in [-0.15, -0.1) is 0 Å². The van der Waals surface area contributed by atoms with Crippen LogP contribution in [-0.2, 0) is 16.3 Å². The van der Waals surface area contributed by atoms with Gasteiger partial charge in [0.05, 0.1) is 10.6 Å². The zero-order valence-electron chi connectivity index (χ0n) is 12.0. The molecule has 2 atom stereocenters. The second kappa shape index (κ2) is 5.62. The Morgan fingerprint density at radius 1 is 1.10 bits per heavy atom. The van der Waals surface area contributed by atoms with Crippen LogP contribution in [0.5, 0.6) is 0 Å². The van der Waals surface area contributed by atoms with Crippen LogP contribution in [-0.4, -0.2) is 20.2 Å². The summed E-state index contributed by atoms with van der Waals surface area (Å²) in [5.41, 5.74) is 2.16. The fourth-order valence-corrected chi connectivity index (χ4v) is 4.71. The van der Waals surface area contributed by atoms with E-state index in [2.05, 4.69) is 24.4 Å². The predicted octanol–water partition coefficient (Wildman–Crippen LogP) is 2.74. The van der Waals surface area contributed by atoms with E-state index in [9.17, 15) is 8.42 Å². The molecule has 0 saturated carbocycles. The molecular weight excluding hydrogens is 282 g/mol. The minimum absolute atomic E-state index is 0.107. The highest BCUT2D eigenvalue weighted by Crippen LogP contribution is 2.33. The molecule has 0 fully saturated rings. The highest BCUT2D eigenvalue weighted by Gasteiger charge is 2.34. The molecule has 2 aromatic carbocycles. The minimum Gasteiger partial charge on any atom is -0.306 e. The number of nitrogens with one attached hydrogen (secondary N) is 1. The fraction of sp³-hybridized carbons (Fsp3) is 0.294. The van der Waals surface area contributed by atoms with Crippen LogP contribution in [0.2, 0.25) is 0 Å². The van der Waals surface area contributed by atoms with Crippen LogP contribution < -0.4 is 5.32 Å². The summed E-state index contributed by atoms with van der Waals surface area (Å²) < 4.78 is 24.3. The maximum atomic E-state index is 12.2. The Balaban J connectivity index is 1.75. The van der Waals surface area contributed by atoms with Crippen molar-refractivity contribution in [3.8, 4) is 0 Å². The van der Waals surface area contributed by atoms with Gasteiger partial charge >= 0.3 is 0 Å². The Morgan fingerprint density at radius 3 is 2.52 bits per heavy atom. The first kappa shape index (κ1) is 14.3. The third-order valence-corrected chi connectivity index (χ3v) is 5.70. The van der Waals surface area contributed by atoms with Crippen molar-refractivity contribution >= 4 is 9.84 Å². The van der Waals surface area contributed by atoms with Gasteiger partial charge in [-0.3, -0.25) is 0 Å². The number of hydrogen-bond donors (Lipinski definition) is 1. The smallest absolute Gasteiger partial charge is 0.180 e. The van der Waals surface area contributed by atoms with Gasteiger partial charge in [-0.1, -0.05) is 48.5 Å². The normalized spacial score (nSPS) is 20.9. The lowest BCUT2D eigenvalue weighted by molar-refractivity contribution is 0.480. The number of hydrogen-bond acceptors (Lipinski definition) is 3. The van der Waals surface area contributed by atoms with Crippen molar-refractivity contribution in [2.24, 2.45) is 0 Å². The molecule has 1 aliphatic rings. The van der Waals surface area contributed by atoms with Gasteiger partial charge in [0.15, 0.2) is 9.84 Å². The molecule has 0 radical (unpaired) electrons. The van der Waals surface area contributed by atoms with Crippen LogP contribution in [0.25, 0.3) is 0 Å². The second-order valence-electron chi connectivity index (χ2n) is 5.63. The summed E-state index contributed by atoms with van der Waals surface area (Å²) in [5, 5.41) is 3.46. The highest BCUT2D eigenvalue weighted by atomic mass is 32.2. The fourth-order valence-electron chi connectivity index (χ4n) is 2.96. The Morgan fingerprint density at radius 2 is 1.76 bits per heavy atom. The molecule has 1 aliphatic heterocycles. The zero-order valence-corrected chi connectivity index (χ0v) is 12.8. The summed E-state index contributed by atoms with van der Waals surface area (Å²) >= 11 is 0. The maximum Gasteiger partial charge on any atom is 0.180 e. The summed E-state index contributed by atoms with van der Waals surface area (Å²) in [6, 6.07) is 17.7. The van der Waals surface area contributed by atoms with E-state index in [1.807, 2.05) is 30.3 Å². The quantitative estimate of drug-likeness (QED) is 0.944. The van der Waals surface area contributed by atoms with E-state index in [1.54, 1.807) is 12.1 Å². The standard InChI is InChI=1S/C17H19NO2S/c1-13(11-14-7-3-2-4-8-14)18-16-12-21(19,20)17-10-6-5-9-15(16)17/h2-10,13,16,18H,11-12H2,1H3. The third kappa shape index (κ3) is 3.01.